The van der Waals surface area contributed by atoms with Gasteiger partial charge in [0.05, 0.1) is 13.1 Å². The molecular formula is C14H19NO2. The molecule has 1 aromatic rings. The number of benzene rings is 1. The van der Waals surface area contributed by atoms with E-state index in [2.05, 4.69) is 19.2 Å². The van der Waals surface area contributed by atoms with Crippen LogP contribution in [-0.2, 0) is 6.42 Å². The Balaban J connectivity index is 1.65. The molecule has 0 radical (unpaired) electrons. The summed E-state index contributed by atoms with van der Waals surface area (Å²) < 4.78 is 10.7. The van der Waals surface area contributed by atoms with Gasteiger partial charge in [-0.2, -0.15) is 7.05 Å². The summed E-state index contributed by atoms with van der Waals surface area (Å²) in [4.78, 5) is 1.42. The highest BCUT2D eigenvalue weighted by Gasteiger charge is 2.19. The molecular weight excluding hydrogens is 214 g/mol. The molecule has 1 aromatic carbocycles. The average molecular weight is 233 g/mol. The van der Waals surface area contributed by atoms with Crippen LogP contribution in [0.25, 0.3) is 0 Å². The average Bonchev–Trinajstić information content (AvgIpc) is 2.79. The maximum atomic E-state index is 5.41. The van der Waals surface area contributed by atoms with Crippen molar-refractivity contribution in [1.82, 2.24) is 0 Å². The number of nitrogens with one attached hydrogen (secondary N) is 1. The number of hydrogen-bond acceptors (Lipinski definition) is 2. The summed E-state index contributed by atoms with van der Waals surface area (Å²) >= 11 is 0. The van der Waals surface area contributed by atoms with E-state index >= 15 is 0 Å². The van der Waals surface area contributed by atoms with Crippen LogP contribution in [0, 0.1) is 13.0 Å². The van der Waals surface area contributed by atoms with Crippen molar-refractivity contribution in [3.05, 3.63) is 30.8 Å². The number of fused-ring (bicyclic) bond motifs is 1. The van der Waals surface area contributed by atoms with E-state index in [1.165, 1.54) is 36.4 Å². The Morgan fingerprint density at radius 2 is 1.94 bits per heavy atom. The van der Waals surface area contributed by atoms with Gasteiger partial charge in [0.2, 0.25) is 6.79 Å². The van der Waals surface area contributed by atoms with Crippen LogP contribution in [-0.4, -0.2) is 19.9 Å². The summed E-state index contributed by atoms with van der Waals surface area (Å²) in [5, 5.41) is 0. The molecule has 3 nitrogen and oxygen atoms in total. The second-order valence-corrected chi connectivity index (χ2v) is 5.09. The fourth-order valence-corrected chi connectivity index (χ4v) is 2.69. The molecule has 1 fully saturated rings. The molecule has 3 heteroatoms. The molecule has 1 N–H and O–H groups in total. The van der Waals surface area contributed by atoms with Gasteiger partial charge in [0.15, 0.2) is 11.5 Å². The lowest BCUT2D eigenvalue weighted by atomic mass is 9.90. The van der Waals surface area contributed by atoms with E-state index in [1.54, 1.807) is 0 Å². The molecule has 1 saturated heterocycles. The van der Waals surface area contributed by atoms with Crippen LogP contribution < -0.4 is 14.4 Å². The maximum Gasteiger partial charge on any atom is 0.231 e. The van der Waals surface area contributed by atoms with Gasteiger partial charge in [-0.25, -0.2) is 0 Å². The molecule has 0 aliphatic carbocycles. The second-order valence-electron chi connectivity index (χ2n) is 5.09. The molecule has 0 unspecified atom stereocenters. The van der Waals surface area contributed by atoms with Gasteiger partial charge in [0, 0.05) is 0 Å². The lowest BCUT2D eigenvalue weighted by molar-refractivity contribution is -0.860. The predicted molar refractivity (Wildman–Crippen MR) is 65.0 cm³/mol. The van der Waals surface area contributed by atoms with E-state index in [0.29, 0.717) is 6.79 Å². The van der Waals surface area contributed by atoms with E-state index in [0.717, 1.165) is 23.8 Å². The Morgan fingerprint density at radius 3 is 2.76 bits per heavy atom. The van der Waals surface area contributed by atoms with Crippen molar-refractivity contribution in [3.63, 3.8) is 0 Å². The number of ether oxygens (including phenoxy) is 2. The zero-order chi connectivity index (χ0) is 11.7. The highest BCUT2D eigenvalue weighted by Crippen LogP contribution is 2.33. The number of piperidine rings is 1. The Bertz CT molecular complexity index is 397. The molecule has 17 heavy (non-hydrogen) atoms. The van der Waals surface area contributed by atoms with E-state index in [9.17, 15) is 0 Å². The van der Waals surface area contributed by atoms with Gasteiger partial charge in [-0.15, -0.1) is 0 Å². The first-order valence-electron chi connectivity index (χ1n) is 6.36. The molecule has 0 bridgehead atoms. The van der Waals surface area contributed by atoms with Crippen LogP contribution in [0.3, 0.4) is 0 Å². The van der Waals surface area contributed by atoms with Gasteiger partial charge in [-0.05, 0) is 42.9 Å². The first-order chi connectivity index (χ1) is 8.31. The van der Waals surface area contributed by atoms with Gasteiger partial charge in [0.1, 0.15) is 0 Å². The zero-order valence-corrected chi connectivity index (χ0v) is 10.1. The van der Waals surface area contributed by atoms with Crippen molar-refractivity contribution < 1.29 is 14.4 Å². The van der Waals surface area contributed by atoms with Crippen molar-refractivity contribution in [2.45, 2.75) is 19.3 Å². The largest absolute Gasteiger partial charge is 0.468 e. The second kappa shape index (κ2) is 4.57. The molecule has 2 aliphatic rings. The van der Waals surface area contributed by atoms with Gasteiger partial charge in [-0.3, -0.25) is 0 Å². The number of likely N-dealkylation sites (tertiary alicyclic amines) is 1. The molecule has 2 heterocycles. The molecule has 0 spiro atoms. The first-order valence-corrected chi connectivity index (χ1v) is 6.36. The quantitative estimate of drug-likeness (QED) is 0.771. The van der Waals surface area contributed by atoms with Crippen LogP contribution in [0.2, 0.25) is 0 Å². The summed E-state index contributed by atoms with van der Waals surface area (Å²) in [5.74, 6) is 2.59. The summed E-state index contributed by atoms with van der Waals surface area (Å²) in [6, 6.07) is 6.32. The third-order valence-corrected chi connectivity index (χ3v) is 3.77. The molecule has 0 aromatic heterocycles. The lowest BCUT2D eigenvalue weighted by Gasteiger charge is -2.31. The summed E-state index contributed by atoms with van der Waals surface area (Å²) in [6.07, 6.45) is 3.73. The standard InChI is InChI=1S/C14H19NO2/c1-15-6-4-11(5-7-15)8-12-2-3-13-14(9-12)17-10-16-13/h2-3,9,11,15H,1,4-8,10H2. The van der Waals surface area contributed by atoms with E-state index in [-0.39, 0.29) is 0 Å². The Hall–Kier alpha value is -1.22. The smallest absolute Gasteiger partial charge is 0.231 e. The van der Waals surface area contributed by atoms with Gasteiger partial charge in [-0.1, -0.05) is 6.07 Å². The maximum absolute atomic E-state index is 5.41. The number of quaternary nitrogens is 1. The van der Waals surface area contributed by atoms with Gasteiger partial charge < -0.3 is 14.4 Å². The number of rotatable bonds is 2. The van der Waals surface area contributed by atoms with Crippen molar-refractivity contribution in [3.8, 4) is 11.5 Å². The topological polar surface area (TPSA) is 22.9 Å². The fourth-order valence-electron chi connectivity index (χ4n) is 2.69. The lowest BCUT2D eigenvalue weighted by Crippen LogP contribution is -3.08. The first kappa shape index (κ1) is 10.9. The van der Waals surface area contributed by atoms with Crippen molar-refractivity contribution in [2.75, 3.05) is 19.9 Å². The molecule has 3 rings (SSSR count). The monoisotopic (exact) mass is 233 g/mol. The summed E-state index contributed by atoms with van der Waals surface area (Å²) in [5.41, 5.74) is 1.37. The van der Waals surface area contributed by atoms with Crippen molar-refractivity contribution in [2.24, 2.45) is 5.92 Å². The molecule has 0 saturated carbocycles. The van der Waals surface area contributed by atoms with E-state index in [4.69, 9.17) is 9.47 Å². The minimum absolute atomic E-state index is 0.363. The minimum Gasteiger partial charge on any atom is -0.468 e. The van der Waals surface area contributed by atoms with Crippen LogP contribution in [0.5, 0.6) is 11.5 Å². The van der Waals surface area contributed by atoms with Crippen LogP contribution in [0.1, 0.15) is 18.4 Å². The van der Waals surface area contributed by atoms with E-state index < -0.39 is 0 Å². The van der Waals surface area contributed by atoms with Crippen LogP contribution in [0.4, 0.5) is 0 Å². The van der Waals surface area contributed by atoms with Gasteiger partial charge in [0.25, 0.3) is 0 Å². The molecule has 0 amide bonds. The summed E-state index contributed by atoms with van der Waals surface area (Å²) in [7, 11) is 4.07. The predicted octanol–water partition coefficient (Wildman–Crippen LogP) is 1.04. The van der Waals surface area contributed by atoms with Crippen molar-refractivity contribution in [1.29, 1.82) is 0 Å². The van der Waals surface area contributed by atoms with Crippen LogP contribution in [0.15, 0.2) is 18.2 Å². The minimum atomic E-state index is 0.363. The summed E-state index contributed by atoms with van der Waals surface area (Å²) in [6.45, 7) is 2.77. The molecule has 92 valence electrons. The Kier molecular flexibility index (Phi) is 2.93. The van der Waals surface area contributed by atoms with Crippen LogP contribution >= 0.6 is 0 Å². The zero-order valence-electron chi connectivity index (χ0n) is 10.1. The molecule has 2 aliphatic heterocycles. The van der Waals surface area contributed by atoms with E-state index in [1.807, 2.05) is 6.07 Å². The normalized spacial score (nSPS) is 27.1. The van der Waals surface area contributed by atoms with Crippen molar-refractivity contribution >= 4 is 0 Å². The highest BCUT2D eigenvalue weighted by atomic mass is 16.7. The Morgan fingerprint density at radius 1 is 1.18 bits per heavy atom. The van der Waals surface area contributed by atoms with Gasteiger partial charge >= 0.3 is 0 Å². The highest BCUT2D eigenvalue weighted by molar-refractivity contribution is 5.44. The Labute approximate surface area is 102 Å². The fraction of sp³-hybridized carbons (Fsp3) is 0.500. The third kappa shape index (κ3) is 2.39. The SMILES string of the molecule is [CH2-][NH+]1CCC(Cc2ccc3c(c2)OCO3)CC1. The third-order valence-electron chi connectivity index (χ3n) is 3.77. The molecule has 0 atom stereocenters. The number of hydrogen-bond donors (Lipinski definition) is 1.